The van der Waals surface area contributed by atoms with Gasteiger partial charge in [0.05, 0.1) is 24.0 Å². The number of methoxy groups -OCH3 is 1. The van der Waals surface area contributed by atoms with E-state index in [1.807, 2.05) is 25.1 Å². The predicted molar refractivity (Wildman–Crippen MR) is 134 cm³/mol. The number of halogens is 1. The molecule has 35 heavy (non-hydrogen) atoms. The summed E-state index contributed by atoms with van der Waals surface area (Å²) < 4.78 is 11.0. The fourth-order valence-electron chi connectivity index (χ4n) is 2.94. The third kappa shape index (κ3) is 7.05. The zero-order chi connectivity index (χ0) is 25.2. The van der Waals surface area contributed by atoms with Crippen LogP contribution in [0.25, 0.3) is 0 Å². The summed E-state index contributed by atoms with van der Waals surface area (Å²) in [5.74, 6) is -1.69. The summed E-state index contributed by atoms with van der Waals surface area (Å²) in [6.45, 7) is 1.59. The van der Waals surface area contributed by atoms with Gasteiger partial charge in [-0.25, -0.2) is 5.43 Å². The van der Waals surface area contributed by atoms with Gasteiger partial charge in [-0.2, -0.15) is 5.10 Å². The minimum Gasteiger partial charge on any atom is -0.493 e. The lowest BCUT2D eigenvalue weighted by Gasteiger charge is -2.13. The first-order valence-corrected chi connectivity index (χ1v) is 10.8. The number of hydrazone groups is 1. The summed E-state index contributed by atoms with van der Waals surface area (Å²) in [5.41, 5.74) is 4.45. The van der Waals surface area contributed by atoms with E-state index in [1.54, 1.807) is 48.5 Å². The van der Waals surface area contributed by atoms with Crippen molar-refractivity contribution in [3.63, 3.8) is 0 Å². The van der Waals surface area contributed by atoms with Crippen molar-refractivity contribution in [1.29, 1.82) is 0 Å². The number of carbonyl (C=O) groups excluding carboxylic acids is 3. The van der Waals surface area contributed by atoms with E-state index in [9.17, 15) is 14.4 Å². The number of hydrogen-bond acceptors (Lipinski definition) is 6. The molecule has 0 aromatic heterocycles. The number of nitrogens with zero attached hydrogens (tertiary/aromatic N) is 1. The number of amides is 3. The Hall–Kier alpha value is -4.37. The molecule has 3 aromatic carbocycles. The van der Waals surface area contributed by atoms with Crippen molar-refractivity contribution in [3.05, 3.63) is 82.9 Å². The predicted octanol–water partition coefficient (Wildman–Crippen LogP) is 3.76. The van der Waals surface area contributed by atoms with Crippen LogP contribution in [0.5, 0.6) is 11.5 Å². The molecule has 180 valence electrons. The quantitative estimate of drug-likeness (QED) is 0.250. The number of ether oxygens (including phenoxy) is 2. The van der Waals surface area contributed by atoms with E-state index in [0.717, 1.165) is 5.56 Å². The minimum absolute atomic E-state index is 0.244. The third-order valence-electron chi connectivity index (χ3n) is 4.69. The van der Waals surface area contributed by atoms with E-state index < -0.39 is 11.8 Å². The normalized spacial score (nSPS) is 10.5. The van der Waals surface area contributed by atoms with E-state index in [4.69, 9.17) is 21.1 Å². The SMILES string of the molecule is COc1cccc(/C=N\NC(=O)C(=O)Nc2ccccc2Cl)c1OCC(=O)Nc1ccccc1C. The van der Waals surface area contributed by atoms with E-state index in [2.05, 4.69) is 21.2 Å². The van der Waals surface area contributed by atoms with Gasteiger partial charge in [0, 0.05) is 11.3 Å². The lowest BCUT2D eigenvalue weighted by molar-refractivity contribution is -0.136. The summed E-state index contributed by atoms with van der Waals surface area (Å²) >= 11 is 5.98. The molecule has 10 heteroatoms. The summed E-state index contributed by atoms with van der Waals surface area (Å²) in [5, 5.41) is 9.29. The van der Waals surface area contributed by atoms with Gasteiger partial charge in [0.2, 0.25) is 0 Å². The number of hydrogen-bond donors (Lipinski definition) is 3. The number of aryl methyl sites for hydroxylation is 1. The van der Waals surface area contributed by atoms with Gasteiger partial charge < -0.3 is 20.1 Å². The van der Waals surface area contributed by atoms with Crippen LogP contribution in [0.2, 0.25) is 5.02 Å². The van der Waals surface area contributed by atoms with Gasteiger partial charge in [-0.1, -0.05) is 48.0 Å². The smallest absolute Gasteiger partial charge is 0.329 e. The molecule has 0 saturated heterocycles. The second kappa shape index (κ2) is 12.2. The van der Waals surface area contributed by atoms with Gasteiger partial charge in [-0.3, -0.25) is 14.4 Å². The van der Waals surface area contributed by atoms with Crippen LogP contribution in [0.15, 0.2) is 71.8 Å². The highest BCUT2D eigenvalue weighted by Gasteiger charge is 2.15. The second-order valence-electron chi connectivity index (χ2n) is 7.16. The average Bonchev–Trinajstić information content (AvgIpc) is 2.85. The number of anilines is 2. The molecule has 0 aliphatic carbocycles. The molecule has 0 radical (unpaired) electrons. The number of carbonyl (C=O) groups is 3. The Bertz CT molecular complexity index is 1260. The average molecular weight is 495 g/mol. The highest BCUT2D eigenvalue weighted by molar-refractivity contribution is 6.41. The molecule has 3 aromatic rings. The molecule has 0 atom stereocenters. The first-order chi connectivity index (χ1) is 16.9. The Balaban J connectivity index is 1.63. The van der Waals surface area contributed by atoms with Gasteiger partial charge in [0.15, 0.2) is 18.1 Å². The van der Waals surface area contributed by atoms with Gasteiger partial charge in [0.25, 0.3) is 5.91 Å². The zero-order valence-electron chi connectivity index (χ0n) is 19.0. The van der Waals surface area contributed by atoms with Crippen LogP contribution >= 0.6 is 11.6 Å². The molecule has 0 unspecified atom stereocenters. The molecule has 9 nitrogen and oxygen atoms in total. The summed E-state index contributed by atoms with van der Waals surface area (Å²) in [7, 11) is 1.46. The highest BCUT2D eigenvalue weighted by atomic mass is 35.5. The van der Waals surface area contributed by atoms with Crippen molar-refractivity contribution in [1.82, 2.24) is 5.43 Å². The number of benzene rings is 3. The lowest BCUT2D eigenvalue weighted by Crippen LogP contribution is -2.32. The first-order valence-electron chi connectivity index (χ1n) is 10.4. The number of para-hydroxylation sites is 3. The lowest BCUT2D eigenvalue weighted by atomic mass is 10.2. The van der Waals surface area contributed by atoms with Crippen LogP contribution in [0.3, 0.4) is 0 Å². The van der Waals surface area contributed by atoms with Gasteiger partial charge in [0.1, 0.15) is 0 Å². The van der Waals surface area contributed by atoms with Crippen LogP contribution in [-0.4, -0.2) is 37.7 Å². The Morgan fingerprint density at radius 3 is 2.34 bits per heavy atom. The molecule has 0 aliphatic rings. The van der Waals surface area contributed by atoms with E-state index in [-0.39, 0.29) is 18.3 Å². The molecule has 0 heterocycles. The van der Waals surface area contributed by atoms with Gasteiger partial charge in [-0.15, -0.1) is 0 Å². The van der Waals surface area contributed by atoms with Crippen LogP contribution < -0.4 is 25.5 Å². The zero-order valence-corrected chi connectivity index (χ0v) is 19.8. The van der Waals surface area contributed by atoms with Crippen molar-refractivity contribution < 1.29 is 23.9 Å². The van der Waals surface area contributed by atoms with E-state index >= 15 is 0 Å². The van der Waals surface area contributed by atoms with Gasteiger partial charge >= 0.3 is 11.8 Å². The molecule has 0 bridgehead atoms. The van der Waals surface area contributed by atoms with Crippen LogP contribution in [-0.2, 0) is 14.4 Å². The van der Waals surface area contributed by atoms with Gasteiger partial charge in [-0.05, 0) is 42.8 Å². The Labute approximate surface area is 207 Å². The van der Waals surface area contributed by atoms with Crippen LogP contribution in [0.4, 0.5) is 11.4 Å². The van der Waals surface area contributed by atoms with Crippen molar-refractivity contribution in [3.8, 4) is 11.5 Å². The topological polar surface area (TPSA) is 118 Å². The Morgan fingerprint density at radius 1 is 0.914 bits per heavy atom. The molecule has 3 N–H and O–H groups in total. The molecule has 3 rings (SSSR count). The van der Waals surface area contributed by atoms with E-state index in [1.165, 1.54) is 13.3 Å². The van der Waals surface area contributed by atoms with E-state index in [0.29, 0.717) is 27.7 Å². The Kier molecular flexibility index (Phi) is 8.80. The van der Waals surface area contributed by atoms with Crippen molar-refractivity contribution in [2.75, 3.05) is 24.4 Å². The van der Waals surface area contributed by atoms with Crippen LogP contribution in [0, 0.1) is 6.92 Å². The summed E-state index contributed by atoms with van der Waals surface area (Å²) in [6.07, 6.45) is 1.28. The third-order valence-corrected chi connectivity index (χ3v) is 5.02. The monoisotopic (exact) mass is 494 g/mol. The fraction of sp³-hybridized carbons (Fsp3) is 0.120. The maximum atomic E-state index is 12.4. The fourth-order valence-corrected chi connectivity index (χ4v) is 3.12. The molecule has 0 fully saturated rings. The van der Waals surface area contributed by atoms with Crippen molar-refractivity contribution in [2.45, 2.75) is 6.92 Å². The highest BCUT2D eigenvalue weighted by Crippen LogP contribution is 2.30. The molecular formula is C25H23ClN4O5. The second-order valence-corrected chi connectivity index (χ2v) is 7.57. The van der Waals surface area contributed by atoms with Crippen LogP contribution in [0.1, 0.15) is 11.1 Å². The number of rotatable bonds is 8. The summed E-state index contributed by atoms with van der Waals surface area (Å²) in [6, 6.07) is 18.9. The standard InChI is InChI=1S/C25H23ClN4O5/c1-16-8-3-5-11-19(16)28-22(31)15-35-23-17(9-7-13-21(23)34-2)14-27-30-25(33)24(32)29-20-12-6-4-10-18(20)26/h3-14H,15H2,1-2H3,(H,28,31)(H,29,32)(H,30,33)/b27-14-. The maximum absolute atomic E-state index is 12.4. The summed E-state index contributed by atoms with van der Waals surface area (Å²) in [4.78, 5) is 36.5. The molecule has 0 saturated carbocycles. The van der Waals surface area contributed by atoms with Crippen molar-refractivity contribution in [2.24, 2.45) is 5.10 Å². The maximum Gasteiger partial charge on any atom is 0.329 e. The molecule has 0 spiro atoms. The molecular weight excluding hydrogens is 472 g/mol. The number of nitrogens with one attached hydrogen (secondary N) is 3. The Morgan fingerprint density at radius 2 is 1.63 bits per heavy atom. The van der Waals surface area contributed by atoms with Crippen molar-refractivity contribution >= 4 is 46.9 Å². The minimum atomic E-state index is -0.996. The largest absolute Gasteiger partial charge is 0.493 e. The first kappa shape index (κ1) is 25.3. The molecule has 3 amide bonds. The molecule has 0 aliphatic heterocycles.